The van der Waals surface area contributed by atoms with E-state index in [-0.39, 0.29) is 17.2 Å². The molecule has 1 aromatic carbocycles. The highest BCUT2D eigenvalue weighted by Crippen LogP contribution is 2.58. The summed E-state index contributed by atoms with van der Waals surface area (Å²) in [6.07, 6.45) is 3.82. The Balaban J connectivity index is 1.43. The lowest BCUT2D eigenvalue weighted by Gasteiger charge is -2.61. The van der Waals surface area contributed by atoms with Gasteiger partial charge >= 0.3 is 0 Å². The zero-order chi connectivity index (χ0) is 18.6. The van der Waals surface area contributed by atoms with Crippen molar-refractivity contribution >= 4 is 29.3 Å². The maximum Gasteiger partial charge on any atom is 0.255 e. The number of carbonyl (C=O) groups is 2. The molecule has 2 aliphatic heterocycles. The monoisotopic (exact) mass is 385 g/mol. The van der Waals surface area contributed by atoms with E-state index >= 15 is 0 Å². The number of nitrogens with one attached hydrogen (secondary N) is 2. The summed E-state index contributed by atoms with van der Waals surface area (Å²) in [5, 5.41) is 6.98. The minimum atomic E-state index is -0.410. The number of anilines is 1. The van der Waals surface area contributed by atoms with Gasteiger partial charge in [-0.25, -0.2) is 0 Å². The molecule has 3 saturated carbocycles. The van der Waals surface area contributed by atoms with Crippen LogP contribution in [-0.2, 0) is 4.79 Å². The molecule has 2 N–H and O–H groups in total. The molecule has 2 heterocycles. The van der Waals surface area contributed by atoms with Crippen LogP contribution in [0.15, 0.2) is 24.3 Å². The lowest BCUT2D eigenvalue weighted by molar-refractivity contribution is -0.150. The molecule has 27 heavy (non-hydrogen) atoms. The number of hydrogen-bond acceptors (Lipinski definition) is 4. The first-order chi connectivity index (χ1) is 13.0. The van der Waals surface area contributed by atoms with E-state index in [4.69, 9.17) is 0 Å². The molecule has 5 nitrogen and oxygen atoms in total. The summed E-state index contributed by atoms with van der Waals surface area (Å²) in [4.78, 5) is 28.2. The lowest BCUT2D eigenvalue weighted by atomic mass is 9.51. The number of para-hydroxylation sites is 1. The number of hydrogen-bond donors (Lipinski definition) is 2. The minimum absolute atomic E-state index is 0.0106. The third-order valence-electron chi connectivity index (χ3n) is 7.29. The van der Waals surface area contributed by atoms with Crippen LogP contribution in [0.5, 0.6) is 0 Å². The van der Waals surface area contributed by atoms with Gasteiger partial charge in [0.05, 0.1) is 5.56 Å². The Morgan fingerprint density at radius 1 is 1.22 bits per heavy atom. The van der Waals surface area contributed by atoms with Gasteiger partial charge in [0.25, 0.3) is 5.91 Å². The highest BCUT2D eigenvalue weighted by atomic mass is 32.2. The summed E-state index contributed by atoms with van der Waals surface area (Å²) >= 11 is 1.94. The zero-order valence-electron chi connectivity index (χ0n) is 15.8. The van der Waals surface area contributed by atoms with Gasteiger partial charge in [-0.3, -0.25) is 9.59 Å². The predicted octanol–water partition coefficient (Wildman–Crippen LogP) is 2.94. The van der Waals surface area contributed by atoms with E-state index in [9.17, 15) is 9.59 Å². The van der Waals surface area contributed by atoms with Crippen molar-refractivity contribution in [3.05, 3.63) is 29.8 Å². The molecule has 2 amide bonds. The van der Waals surface area contributed by atoms with Crippen molar-refractivity contribution in [3.63, 3.8) is 0 Å². The average Bonchev–Trinajstić information content (AvgIpc) is 2.68. The van der Waals surface area contributed by atoms with Crippen LogP contribution in [0.2, 0.25) is 0 Å². The first kappa shape index (κ1) is 17.4. The van der Waals surface area contributed by atoms with Crippen molar-refractivity contribution in [3.8, 4) is 0 Å². The van der Waals surface area contributed by atoms with Crippen molar-refractivity contribution in [2.75, 3.05) is 29.9 Å². The fraction of sp³-hybridized carbons (Fsp3) is 0.619. The molecule has 3 aliphatic carbocycles. The molecule has 6 heteroatoms. The molecular formula is C21H27N3O2S. The van der Waals surface area contributed by atoms with E-state index in [1.165, 1.54) is 0 Å². The number of rotatable bonds is 1. The van der Waals surface area contributed by atoms with E-state index in [1.807, 2.05) is 36.0 Å². The first-order valence-corrected chi connectivity index (χ1v) is 11.2. The van der Waals surface area contributed by atoms with Gasteiger partial charge in [-0.1, -0.05) is 19.1 Å². The quantitative estimate of drug-likeness (QED) is 0.780. The Hall–Kier alpha value is -1.69. The summed E-state index contributed by atoms with van der Waals surface area (Å²) in [7, 11) is 0. The van der Waals surface area contributed by atoms with E-state index in [2.05, 4.69) is 22.5 Å². The standard InChI is InChI=1S/C21H27N3O2S/c1-20-7-6-14(12-16(20)19(26)24-8-10-27-11-9-24)21(13-20)22-17-5-3-2-4-15(17)18(25)23-21/h2-5,14,16,22H,6-13H2,1H3,(H,23,25)/t14-,16-,20-,21+/m1/s1. The van der Waals surface area contributed by atoms with Crippen LogP contribution >= 0.6 is 11.8 Å². The third kappa shape index (κ3) is 2.67. The summed E-state index contributed by atoms with van der Waals surface area (Å²) in [6, 6.07) is 7.74. The molecule has 1 aromatic rings. The van der Waals surface area contributed by atoms with Gasteiger partial charge in [-0.2, -0.15) is 11.8 Å². The summed E-state index contributed by atoms with van der Waals surface area (Å²) in [5.41, 5.74) is 1.16. The highest BCUT2D eigenvalue weighted by molar-refractivity contribution is 7.99. The molecule has 4 fully saturated rings. The number of amides is 2. The van der Waals surface area contributed by atoms with Gasteiger partial charge in [0.1, 0.15) is 5.66 Å². The molecule has 0 unspecified atom stereocenters. The SMILES string of the molecule is C[C@]12CC[C@H](C[C@@H]1C(=O)N1CCSCC1)[C@]1(C2)NC(=O)c2ccccc2N1. The second-order valence-corrected chi connectivity index (χ2v) is 10.1. The van der Waals surface area contributed by atoms with E-state index in [0.29, 0.717) is 17.4 Å². The fourth-order valence-electron chi connectivity index (χ4n) is 5.83. The molecule has 6 rings (SSSR count). The van der Waals surface area contributed by atoms with Gasteiger partial charge in [0.15, 0.2) is 0 Å². The highest BCUT2D eigenvalue weighted by Gasteiger charge is 2.60. The smallest absolute Gasteiger partial charge is 0.255 e. The number of nitrogens with zero attached hydrogens (tertiary/aromatic N) is 1. The van der Waals surface area contributed by atoms with E-state index < -0.39 is 5.66 Å². The Morgan fingerprint density at radius 3 is 2.78 bits per heavy atom. The van der Waals surface area contributed by atoms with Crippen LogP contribution in [0.4, 0.5) is 5.69 Å². The topological polar surface area (TPSA) is 61.4 Å². The minimum Gasteiger partial charge on any atom is -0.362 e. The number of carbonyl (C=O) groups excluding carboxylic acids is 2. The normalized spacial score (nSPS) is 37.5. The van der Waals surface area contributed by atoms with Crippen LogP contribution < -0.4 is 10.6 Å². The van der Waals surface area contributed by atoms with Gasteiger partial charge < -0.3 is 15.5 Å². The lowest BCUT2D eigenvalue weighted by Crippen LogP contribution is -2.70. The Kier molecular flexibility index (Phi) is 3.97. The van der Waals surface area contributed by atoms with Gasteiger partial charge in [-0.05, 0) is 43.2 Å². The van der Waals surface area contributed by atoms with E-state index in [1.54, 1.807) is 0 Å². The van der Waals surface area contributed by atoms with Gasteiger partial charge in [-0.15, -0.1) is 0 Å². The van der Waals surface area contributed by atoms with E-state index in [0.717, 1.165) is 56.0 Å². The molecule has 144 valence electrons. The van der Waals surface area contributed by atoms with Crippen LogP contribution in [0.1, 0.15) is 43.0 Å². The second-order valence-electron chi connectivity index (χ2n) is 8.89. The number of benzene rings is 1. The van der Waals surface area contributed by atoms with Crippen molar-refractivity contribution in [2.24, 2.45) is 17.3 Å². The molecule has 4 atom stereocenters. The van der Waals surface area contributed by atoms with Crippen LogP contribution in [0, 0.1) is 17.3 Å². The van der Waals surface area contributed by atoms with Crippen molar-refractivity contribution in [1.29, 1.82) is 0 Å². The largest absolute Gasteiger partial charge is 0.362 e. The summed E-state index contributed by atoms with van der Waals surface area (Å²) in [6.45, 7) is 4.03. The fourth-order valence-corrected chi connectivity index (χ4v) is 6.74. The van der Waals surface area contributed by atoms with Crippen LogP contribution in [-0.4, -0.2) is 47.0 Å². The van der Waals surface area contributed by atoms with Gasteiger partial charge in [0.2, 0.25) is 5.91 Å². The third-order valence-corrected chi connectivity index (χ3v) is 8.23. The molecule has 2 bridgehead atoms. The zero-order valence-corrected chi connectivity index (χ0v) is 16.6. The van der Waals surface area contributed by atoms with Crippen molar-refractivity contribution in [2.45, 2.75) is 38.3 Å². The summed E-state index contributed by atoms with van der Waals surface area (Å²) in [5.74, 6) is 2.84. The molecule has 1 spiro atoms. The first-order valence-electron chi connectivity index (χ1n) is 10.1. The maximum atomic E-state index is 13.3. The number of fused-ring (bicyclic) bond motifs is 3. The van der Waals surface area contributed by atoms with Gasteiger partial charge in [0, 0.05) is 42.1 Å². The molecule has 5 aliphatic rings. The maximum absolute atomic E-state index is 13.3. The van der Waals surface area contributed by atoms with Crippen molar-refractivity contribution < 1.29 is 9.59 Å². The van der Waals surface area contributed by atoms with Crippen LogP contribution in [0.25, 0.3) is 0 Å². The molecule has 0 aromatic heterocycles. The summed E-state index contributed by atoms with van der Waals surface area (Å²) < 4.78 is 0. The Bertz CT molecular complexity index is 793. The Morgan fingerprint density at radius 2 is 2.00 bits per heavy atom. The van der Waals surface area contributed by atoms with Crippen LogP contribution in [0.3, 0.4) is 0 Å². The molecule has 0 radical (unpaired) electrons. The Labute approximate surface area is 164 Å². The number of thioether (sulfide) groups is 1. The van der Waals surface area contributed by atoms with Crippen molar-refractivity contribution in [1.82, 2.24) is 10.2 Å². The average molecular weight is 386 g/mol. The predicted molar refractivity (Wildman–Crippen MR) is 108 cm³/mol. The molecule has 1 saturated heterocycles. The second kappa shape index (κ2) is 6.16. The molecular weight excluding hydrogens is 358 g/mol.